The molecule has 1 unspecified atom stereocenters. The number of piperidine rings is 1. The second-order valence-corrected chi connectivity index (χ2v) is 11.4. The maximum absolute atomic E-state index is 14.6. The van der Waals surface area contributed by atoms with E-state index >= 15 is 0 Å². The van der Waals surface area contributed by atoms with E-state index in [4.69, 9.17) is 4.74 Å². The lowest BCUT2D eigenvalue weighted by Gasteiger charge is -2.36. The van der Waals surface area contributed by atoms with Gasteiger partial charge < -0.3 is 14.5 Å². The summed E-state index contributed by atoms with van der Waals surface area (Å²) >= 11 is 3.45. The molecule has 2 amide bonds. The van der Waals surface area contributed by atoms with E-state index in [1.54, 1.807) is 0 Å². The van der Waals surface area contributed by atoms with Crippen molar-refractivity contribution in [3.05, 3.63) is 88.5 Å². The topological polar surface area (TPSA) is 80.6 Å². The van der Waals surface area contributed by atoms with Crippen LogP contribution in [0.25, 0.3) is 22.4 Å². The van der Waals surface area contributed by atoms with Crippen LogP contribution in [0.4, 0.5) is 8.78 Å². The van der Waals surface area contributed by atoms with Gasteiger partial charge in [-0.2, -0.15) is 4.39 Å². The molecule has 8 nitrogen and oxygen atoms in total. The Balaban J connectivity index is 1.06. The molecule has 42 heavy (non-hydrogen) atoms. The molecule has 1 aromatic heterocycles. The number of nitrogens with zero attached hydrogens (tertiary/aromatic N) is 5. The molecule has 1 atom stereocenters. The number of aromatic nitrogens is 3. The van der Waals surface area contributed by atoms with E-state index in [1.165, 1.54) is 30.1 Å². The highest BCUT2D eigenvalue weighted by Gasteiger charge is 2.39. The summed E-state index contributed by atoms with van der Waals surface area (Å²) in [4.78, 5) is 30.2. The van der Waals surface area contributed by atoms with Crippen molar-refractivity contribution < 1.29 is 23.1 Å². The minimum atomic E-state index is -1.10. The first kappa shape index (κ1) is 28.0. The number of hydrogen-bond donors (Lipinski definition) is 0. The average Bonchev–Trinajstić information content (AvgIpc) is 3.65. The van der Waals surface area contributed by atoms with Gasteiger partial charge in [0.15, 0.2) is 11.6 Å². The minimum absolute atomic E-state index is 0.0150. The highest BCUT2D eigenvalue weighted by atomic mass is 79.9. The predicted octanol–water partition coefficient (Wildman–Crippen LogP) is 5.74. The van der Waals surface area contributed by atoms with Crippen molar-refractivity contribution in [2.45, 2.75) is 31.3 Å². The van der Waals surface area contributed by atoms with Crippen LogP contribution < -0.4 is 4.74 Å². The lowest BCUT2D eigenvalue weighted by Crippen LogP contribution is -2.47. The molecule has 2 aliphatic heterocycles. The van der Waals surface area contributed by atoms with Crippen LogP contribution in [0.3, 0.4) is 0 Å². The standard InChI is InChI=1S/C31H28BrF2N5O3/c1-42-27-11-10-24(28(33)29(27)34)25-18-39(36-35-25)26-14-17-38(31(26)41)23-12-15-37(16-13-23)30(40)21-4-2-19(3-5-21)20-6-8-22(32)9-7-20/h2-11,18,23,26H,12-17H2,1H3. The van der Waals surface area contributed by atoms with Gasteiger partial charge >= 0.3 is 0 Å². The van der Waals surface area contributed by atoms with Gasteiger partial charge in [0.2, 0.25) is 11.7 Å². The minimum Gasteiger partial charge on any atom is -0.494 e. The summed E-state index contributed by atoms with van der Waals surface area (Å²) in [5.41, 5.74) is 2.84. The third kappa shape index (κ3) is 5.29. The smallest absolute Gasteiger partial charge is 0.253 e. The van der Waals surface area contributed by atoms with Crippen LogP contribution in [0.1, 0.15) is 35.7 Å². The molecule has 2 fully saturated rings. The number of benzene rings is 3. The van der Waals surface area contributed by atoms with Gasteiger partial charge in [-0.3, -0.25) is 9.59 Å². The second kappa shape index (κ2) is 11.6. The quantitative estimate of drug-likeness (QED) is 0.270. The van der Waals surface area contributed by atoms with E-state index in [0.717, 1.165) is 15.6 Å². The van der Waals surface area contributed by atoms with Crippen molar-refractivity contribution in [1.82, 2.24) is 24.8 Å². The molecule has 0 bridgehead atoms. The first-order valence-electron chi connectivity index (χ1n) is 13.7. The molecule has 6 rings (SSSR count). The summed E-state index contributed by atoms with van der Waals surface area (Å²) in [6, 6.07) is 17.8. The molecule has 0 spiro atoms. The predicted molar refractivity (Wildman–Crippen MR) is 156 cm³/mol. The summed E-state index contributed by atoms with van der Waals surface area (Å²) in [6.45, 7) is 1.67. The normalized spacial score (nSPS) is 17.6. The van der Waals surface area contributed by atoms with E-state index in [-0.39, 0.29) is 34.9 Å². The monoisotopic (exact) mass is 635 g/mol. The Hall–Kier alpha value is -4.12. The summed E-state index contributed by atoms with van der Waals surface area (Å²) < 4.78 is 36.0. The molecule has 0 aliphatic carbocycles. The van der Waals surface area contributed by atoms with Crippen molar-refractivity contribution in [3.8, 4) is 28.1 Å². The fourth-order valence-electron chi connectivity index (χ4n) is 5.74. The van der Waals surface area contributed by atoms with Gasteiger partial charge in [-0.05, 0) is 66.8 Å². The lowest BCUT2D eigenvalue weighted by molar-refractivity contribution is -0.133. The zero-order chi connectivity index (χ0) is 29.4. The van der Waals surface area contributed by atoms with E-state index in [0.29, 0.717) is 44.5 Å². The fourth-order valence-corrected chi connectivity index (χ4v) is 6.01. The zero-order valence-electron chi connectivity index (χ0n) is 22.8. The highest BCUT2D eigenvalue weighted by molar-refractivity contribution is 9.10. The van der Waals surface area contributed by atoms with Crippen molar-refractivity contribution >= 4 is 27.7 Å². The van der Waals surface area contributed by atoms with Gasteiger partial charge in [-0.25, -0.2) is 9.07 Å². The van der Waals surface area contributed by atoms with Crippen molar-refractivity contribution in [3.63, 3.8) is 0 Å². The molecule has 0 N–H and O–H groups in total. The number of likely N-dealkylation sites (tertiary alicyclic amines) is 2. The summed E-state index contributed by atoms with van der Waals surface area (Å²) in [5, 5.41) is 8.05. The molecule has 2 aliphatic rings. The maximum atomic E-state index is 14.6. The second-order valence-electron chi connectivity index (χ2n) is 10.5. The van der Waals surface area contributed by atoms with Crippen LogP contribution in [0.15, 0.2) is 71.3 Å². The zero-order valence-corrected chi connectivity index (χ0v) is 24.4. The van der Waals surface area contributed by atoms with Gasteiger partial charge in [0.25, 0.3) is 5.91 Å². The highest BCUT2D eigenvalue weighted by Crippen LogP contribution is 2.32. The lowest BCUT2D eigenvalue weighted by atomic mass is 10.0. The number of rotatable bonds is 6. The molecule has 2 saturated heterocycles. The van der Waals surface area contributed by atoms with E-state index in [1.807, 2.05) is 58.3 Å². The van der Waals surface area contributed by atoms with Crippen LogP contribution >= 0.6 is 15.9 Å². The number of halogens is 3. The van der Waals surface area contributed by atoms with E-state index in [9.17, 15) is 18.4 Å². The Morgan fingerprint density at radius 2 is 1.57 bits per heavy atom. The van der Waals surface area contributed by atoms with E-state index in [2.05, 4.69) is 26.2 Å². The Kier molecular flexibility index (Phi) is 7.76. The van der Waals surface area contributed by atoms with Gasteiger partial charge in [0.05, 0.1) is 13.3 Å². The number of hydrogen-bond acceptors (Lipinski definition) is 5. The Labute approximate surface area is 250 Å². The summed E-state index contributed by atoms with van der Waals surface area (Å²) in [7, 11) is 1.26. The van der Waals surface area contributed by atoms with Crippen molar-refractivity contribution in [2.75, 3.05) is 26.7 Å². The Morgan fingerprint density at radius 3 is 2.24 bits per heavy atom. The van der Waals surface area contributed by atoms with Gasteiger partial charge in [-0.1, -0.05) is 45.4 Å². The summed E-state index contributed by atoms with van der Waals surface area (Å²) in [6.07, 6.45) is 3.37. The largest absolute Gasteiger partial charge is 0.494 e. The molecule has 4 aromatic rings. The Bertz CT molecular complexity index is 1620. The number of carbonyl (C=O) groups is 2. The molecule has 11 heteroatoms. The Morgan fingerprint density at radius 1 is 0.905 bits per heavy atom. The van der Waals surface area contributed by atoms with Crippen LogP contribution in [0.2, 0.25) is 0 Å². The average molecular weight is 636 g/mol. The fraction of sp³-hybridized carbons (Fsp3) is 0.290. The van der Waals surface area contributed by atoms with Crippen LogP contribution in [-0.4, -0.2) is 69.4 Å². The molecular formula is C31H28BrF2N5O3. The third-order valence-electron chi connectivity index (χ3n) is 8.09. The molecule has 3 heterocycles. The number of carbonyl (C=O) groups excluding carboxylic acids is 2. The third-order valence-corrected chi connectivity index (χ3v) is 8.61. The van der Waals surface area contributed by atoms with Gasteiger partial charge in [0.1, 0.15) is 11.7 Å². The number of amides is 2. The van der Waals surface area contributed by atoms with E-state index < -0.39 is 17.7 Å². The molecule has 0 saturated carbocycles. The molecule has 3 aromatic carbocycles. The van der Waals surface area contributed by atoms with Crippen molar-refractivity contribution in [2.24, 2.45) is 0 Å². The molecular weight excluding hydrogens is 608 g/mol. The van der Waals surface area contributed by atoms with Crippen molar-refractivity contribution in [1.29, 1.82) is 0 Å². The first-order chi connectivity index (χ1) is 20.3. The first-order valence-corrected chi connectivity index (χ1v) is 14.5. The van der Waals surface area contributed by atoms with Crippen LogP contribution in [0, 0.1) is 11.6 Å². The van der Waals surface area contributed by atoms with Crippen LogP contribution in [0.5, 0.6) is 5.75 Å². The molecule has 0 radical (unpaired) electrons. The summed E-state index contributed by atoms with van der Waals surface area (Å²) in [5.74, 6) is -2.48. The number of ether oxygens (including phenoxy) is 1. The van der Waals surface area contributed by atoms with Gasteiger partial charge in [-0.15, -0.1) is 5.10 Å². The maximum Gasteiger partial charge on any atom is 0.253 e. The number of methoxy groups -OCH3 is 1. The van der Waals surface area contributed by atoms with Crippen LogP contribution in [-0.2, 0) is 4.79 Å². The SMILES string of the molecule is COc1ccc(-c2cn(C3CCN(C4CCN(C(=O)c5ccc(-c6ccc(Br)cc6)cc5)CC4)C3=O)nn2)c(F)c1F. The van der Waals surface area contributed by atoms with Gasteiger partial charge in [0, 0.05) is 41.3 Å². The molecule has 216 valence electrons.